The number of pyridine rings is 1. The highest BCUT2D eigenvalue weighted by Crippen LogP contribution is 2.26. The molecule has 0 radical (unpaired) electrons. The van der Waals surface area contributed by atoms with E-state index in [4.69, 9.17) is 4.74 Å². The number of rotatable bonds is 5. The summed E-state index contributed by atoms with van der Waals surface area (Å²) >= 11 is 0. The van der Waals surface area contributed by atoms with Crippen molar-refractivity contribution in [2.24, 2.45) is 0 Å². The molecule has 19 heavy (non-hydrogen) atoms. The summed E-state index contributed by atoms with van der Waals surface area (Å²) in [5.41, 5.74) is 3.10. The van der Waals surface area contributed by atoms with Crippen LogP contribution in [0.4, 0.5) is 0 Å². The maximum absolute atomic E-state index is 9.72. The molecule has 0 saturated heterocycles. The second kappa shape index (κ2) is 6.34. The van der Waals surface area contributed by atoms with E-state index in [2.05, 4.69) is 4.98 Å². The van der Waals surface area contributed by atoms with Crippen molar-refractivity contribution < 1.29 is 9.84 Å². The zero-order chi connectivity index (χ0) is 13.7. The molecule has 3 heteroatoms. The van der Waals surface area contributed by atoms with Crippen LogP contribution in [-0.2, 0) is 6.42 Å². The molecule has 0 saturated carbocycles. The van der Waals surface area contributed by atoms with Gasteiger partial charge in [0.1, 0.15) is 5.75 Å². The minimum absolute atomic E-state index is 0.519. The molecule has 2 rings (SSSR count). The number of hydrogen-bond acceptors (Lipinski definition) is 3. The Kier molecular flexibility index (Phi) is 4.53. The van der Waals surface area contributed by atoms with Gasteiger partial charge in [-0.2, -0.15) is 0 Å². The van der Waals surface area contributed by atoms with Crippen molar-refractivity contribution in [3.05, 3.63) is 59.4 Å². The third-order valence-corrected chi connectivity index (χ3v) is 2.99. The molecule has 0 fully saturated rings. The van der Waals surface area contributed by atoms with E-state index in [9.17, 15) is 5.11 Å². The summed E-state index contributed by atoms with van der Waals surface area (Å²) in [4.78, 5) is 4.07. The molecule has 0 unspecified atom stereocenters. The second-order valence-corrected chi connectivity index (χ2v) is 4.68. The van der Waals surface area contributed by atoms with Crippen LogP contribution in [0.1, 0.15) is 29.7 Å². The second-order valence-electron chi connectivity index (χ2n) is 4.68. The Morgan fingerprint density at radius 2 is 2.16 bits per heavy atom. The van der Waals surface area contributed by atoms with Crippen LogP contribution in [0.25, 0.3) is 0 Å². The van der Waals surface area contributed by atoms with Crippen molar-refractivity contribution in [1.29, 1.82) is 0 Å². The first-order valence-corrected chi connectivity index (χ1v) is 6.47. The van der Waals surface area contributed by atoms with Gasteiger partial charge in [0.25, 0.3) is 0 Å². The number of aliphatic hydroxyl groups excluding tert-OH is 1. The largest absolute Gasteiger partial charge is 0.493 e. The lowest BCUT2D eigenvalue weighted by Crippen LogP contribution is -2.05. The molecule has 1 aromatic heterocycles. The van der Waals surface area contributed by atoms with Gasteiger partial charge in [0.05, 0.1) is 12.7 Å². The predicted octanol–water partition coefficient (Wildman–Crippen LogP) is 3.06. The Hall–Kier alpha value is -1.87. The van der Waals surface area contributed by atoms with Gasteiger partial charge in [0, 0.05) is 24.4 Å². The van der Waals surface area contributed by atoms with Gasteiger partial charge in [-0.05, 0) is 37.1 Å². The van der Waals surface area contributed by atoms with Gasteiger partial charge in [0.15, 0.2) is 0 Å². The Morgan fingerprint density at radius 3 is 2.84 bits per heavy atom. The molecule has 0 spiro atoms. The van der Waals surface area contributed by atoms with E-state index < -0.39 is 6.10 Å². The first-order valence-electron chi connectivity index (χ1n) is 6.47. The zero-order valence-electron chi connectivity index (χ0n) is 11.3. The quantitative estimate of drug-likeness (QED) is 0.895. The number of aromatic nitrogens is 1. The molecule has 0 amide bonds. The van der Waals surface area contributed by atoms with Crippen LogP contribution >= 0.6 is 0 Å². The molecule has 0 bridgehead atoms. The molecule has 1 heterocycles. The average Bonchev–Trinajstić information content (AvgIpc) is 2.39. The number of ether oxygens (including phenoxy) is 1. The smallest absolute Gasteiger partial charge is 0.125 e. The Balaban J connectivity index is 2.01. The Labute approximate surface area is 113 Å². The van der Waals surface area contributed by atoms with Crippen LogP contribution < -0.4 is 4.74 Å². The molecular formula is C16H19NO2. The molecule has 1 N–H and O–H groups in total. The van der Waals surface area contributed by atoms with Crippen molar-refractivity contribution in [2.45, 2.75) is 26.4 Å². The maximum atomic E-state index is 9.72. The normalized spacial score (nSPS) is 12.2. The van der Waals surface area contributed by atoms with E-state index in [1.165, 1.54) is 0 Å². The van der Waals surface area contributed by atoms with E-state index in [1.54, 1.807) is 13.1 Å². The van der Waals surface area contributed by atoms with Crippen molar-refractivity contribution >= 4 is 0 Å². The van der Waals surface area contributed by atoms with Gasteiger partial charge in [-0.1, -0.05) is 18.2 Å². The maximum Gasteiger partial charge on any atom is 0.125 e. The fourth-order valence-corrected chi connectivity index (χ4v) is 1.94. The Bertz CT molecular complexity index is 524. The first-order chi connectivity index (χ1) is 9.16. The number of aryl methyl sites for hydroxylation is 1. The van der Waals surface area contributed by atoms with Crippen molar-refractivity contribution in [3.63, 3.8) is 0 Å². The van der Waals surface area contributed by atoms with Crippen LogP contribution in [0.5, 0.6) is 5.75 Å². The van der Waals surface area contributed by atoms with Crippen LogP contribution in [0.15, 0.2) is 42.7 Å². The summed E-state index contributed by atoms with van der Waals surface area (Å²) in [6.07, 6.45) is 3.89. The third kappa shape index (κ3) is 3.80. The summed E-state index contributed by atoms with van der Waals surface area (Å²) in [5.74, 6) is 0.763. The van der Waals surface area contributed by atoms with E-state index in [0.717, 1.165) is 28.9 Å². The summed E-state index contributed by atoms with van der Waals surface area (Å²) in [5, 5.41) is 9.72. The van der Waals surface area contributed by atoms with Gasteiger partial charge in [-0.3, -0.25) is 4.98 Å². The third-order valence-electron chi connectivity index (χ3n) is 2.99. The minimum Gasteiger partial charge on any atom is -0.493 e. The average molecular weight is 257 g/mol. The van der Waals surface area contributed by atoms with E-state index in [1.807, 2.05) is 43.5 Å². The monoisotopic (exact) mass is 257 g/mol. The first kappa shape index (κ1) is 13.6. The molecule has 0 aliphatic carbocycles. The molecule has 2 aromatic rings. The van der Waals surface area contributed by atoms with Gasteiger partial charge >= 0.3 is 0 Å². The Morgan fingerprint density at radius 1 is 1.32 bits per heavy atom. The highest BCUT2D eigenvalue weighted by atomic mass is 16.5. The van der Waals surface area contributed by atoms with Crippen molar-refractivity contribution in [1.82, 2.24) is 4.98 Å². The van der Waals surface area contributed by atoms with E-state index in [-0.39, 0.29) is 0 Å². The standard InChI is InChI=1S/C16H19NO2/c1-12-5-6-15(13(2)18)16(10-12)19-9-7-14-4-3-8-17-11-14/h3-6,8,10-11,13,18H,7,9H2,1-2H3/t13-/m0/s1. The fourth-order valence-electron chi connectivity index (χ4n) is 1.94. The number of aliphatic hydroxyl groups is 1. The number of benzene rings is 1. The lowest BCUT2D eigenvalue weighted by Gasteiger charge is -2.14. The van der Waals surface area contributed by atoms with Gasteiger partial charge in [-0.15, -0.1) is 0 Å². The van der Waals surface area contributed by atoms with Crippen LogP contribution in [0.3, 0.4) is 0 Å². The summed E-state index contributed by atoms with van der Waals surface area (Å²) in [6, 6.07) is 9.81. The SMILES string of the molecule is Cc1ccc([C@H](C)O)c(OCCc2cccnc2)c1. The van der Waals surface area contributed by atoms with Crippen LogP contribution in [-0.4, -0.2) is 16.7 Å². The van der Waals surface area contributed by atoms with E-state index >= 15 is 0 Å². The minimum atomic E-state index is -0.519. The topological polar surface area (TPSA) is 42.4 Å². The van der Waals surface area contributed by atoms with Crippen LogP contribution in [0.2, 0.25) is 0 Å². The van der Waals surface area contributed by atoms with Gasteiger partial charge in [0.2, 0.25) is 0 Å². The lowest BCUT2D eigenvalue weighted by molar-refractivity contribution is 0.191. The van der Waals surface area contributed by atoms with E-state index in [0.29, 0.717) is 6.61 Å². The molecule has 100 valence electrons. The zero-order valence-corrected chi connectivity index (χ0v) is 11.3. The summed E-state index contributed by atoms with van der Waals surface area (Å²) in [6.45, 7) is 4.34. The molecule has 3 nitrogen and oxygen atoms in total. The molecular weight excluding hydrogens is 238 g/mol. The van der Waals surface area contributed by atoms with Gasteiger partial charge < -0.3 is 9.84 Å². The number of nitrogens with zero attached hydrogens (tertiary/aromatic N) is 1. The highest BCUT2D eigenvalue weighted by molar-refractivity contribution is 5.38. The van der Waals surface area contributed by atoms with Gasteiger partial charge in [-0.25, -0.2) is 0 Å². The fraction of sp³-hybridized carbons (Fsp3) is 0.312. The van der Waals surface area contributed by atoms with Crippen molar-refractivity contribution in [3.8, 4) is 5.75 Å². The molecule has 0 aliphatic heterocycles. The summed E-state index contributed by atoms with van der Waals surface area (Å²) < 4.78 is 5.80. The van der Waals surface area contributed by atoms with Crippen LogP contribution in [0, 0.1) is 6.92 Å². The molecule has 0 aliphatic rings. The lowest BCUT2D eigenvalue weighted by atomic mass is 10.1. The predicted molar refractivity (Wildman–Crippen MR) is 75.2 cm³/mol. The molecule has 1 atom stereocenters. The van der Waals surface area contributed by atoms with Crippen molar-refractivity contribution in [2.75, 3.05) is 6.61 Å². The molecule has 1 aromatic carbocycles. The number of hydrogen-bond donors (Lipinski definition) is 1. The highest BCUT2D eigenvalue weighted by Gasteiger charge is 2.09. The summed E-state index contributed by atoms with van der Waals surface area (Å²) in [7, 11) is 0.